The molecule has 3 nitrogen and oxygen atoms in total. The van der Waals surface area contributed by atoms with Gasteiger partial charge in [0.15, 0.2) is 0 Å². The van der Waals surface area contributed by atoms with E-state index < -0.39 is 0 Å². The Kier molecular flexibility index (Phi) is 4.99. The van der Waals surface area contributed by atoms with E-state index in [0.29, 0.717) is 0 Å². The summed E-state index contributed by atoms with van der Waals surface area (Å²) in [5.74, 6) is 0.896. The zero-order valence-electron chi connectivity index (χ0n) is 13.3. The lowest BCUT2D eigenvalue weighted by molar-refractivity contribution is 0.414. The third-order valence-corrected chi connectivity index (χ3v) is 3.87. The summed E-state index contributed by atoms with van der Waals surface area (Å²) in [7, 11) is 1.69. The molecule has 0 atom stereocenters. The van der Waals surface area contributed by atoms with Gasteiger partial charge in [-0.1, -0.05) is 18.2 Å². The minimum absolute atomic E-state index is 0.896. The molecule has 0 N–H and O–H groups in total. The molecule has 0 saturated heterocycles. The minimum Gasteiger partial charge on any atom is -0.497 e. The molecule has 0 unspecified atom stereocenters. The van der Waals surface area contributed by atoms with Crippen molar-refractivity contribution >= 4 is 0 Å². The van der Waals surface area contributed by atoms with Gasteiger partial charge in [0.2, 0.25) is 0 Å². The number of hydrogen-bond acceptors (Lipinski definition) is 3. The Morgan fingerprint density at radius 1 is 0.783 bits per heavy atom. The van der Waals surface area contributed by atoms with Crippen molar-refractivity contribution in [1.29, 1.82) is 0 Å². The van der Waals surface area contributed by atoms with Crippen molar-refractivity contribution in [3.63, 3.8) is 0 Å². The molecular formula is C20H20N2O. The summed E-state index contributed by atoms with van der Waals surface area (Å²) in [5.41, 5.74) is 4.91. The number of methoxy groups -OCH3 is 1. The summed E-state index contributed by atoms with van der Waals surface area (Å²) < 4.78 is 5.18. The van der Waals surface area contributed by atoms with Crippen LogP contribution in [0.25, 0.3) is 0 Å². The average Bonchev–Trinajstić information content (AvgIpc) is 2.62. The first kappa shape index (κ1) is 15.2. The standard InChI is InChI=1S/C20H20N2O/c1-23-20-8-4-16(5-9-20)2-6-19-7-3-18(15-22-19)14-17-10-12-21-13-11-17/h3-5,7-13,15H,2,6,14H2,1H3. The van der Waals surface area contributed by atoms with Crippen molar-refractivity contribution in [2.24, 2.45) is 0 Å². The maximum atomic E-state index is 5.18. The average molecular weight is 304 g/mol. The zero-order valence-corrected chi connectivity index (χ0v) is 13.3. The SMILES string of the molecule is COc1ccc(CCc2ccc(Cc3ccncc3)cn2)cc1. The van der Waals surface area contributed by atoms with Gasteiger partial charge in [-0.3, -0.25) is 9.97 Å². The van der Waals surface area contributed by atoms with E-state index in [-0.39, 0.29) is 0 Å². The van der Waals surface area contributed by atoms with Crippen molar-refractivity contribution in [1.82, 2.24) is 9.97 Å². The molecule has 0 fully saturated rings. The first-order chi connectivity index (χ1) is 11.3. The van der Waals surface area contributed by atoms with Crippen molar-refractivity contribution in [3.05, 3.63) is 89.5 Å². The second-order valence-electron chi connectivity index (χ2n) is 5.54. The van der Waals surface area contributed by atoms with Crippen LogP contribution in [0.15, 0.2) is 67.1 Å². The Morgan fingerprint density at radius 3 is 2.17 bits per heavy atom. The van der Waals surface area contributed by atoms with Crippen LogP contribution in [-0.4, -0.2) is 17.1 Å². The van der Waals surface area contributed by atoms with Crippen LogP contribution in [0.1, 0.15) is 22.4 Å². The van der Waals surface area contributed by atoms with E-state index in [2.05, 4.69) is 34.2 Å². The normalized spacial score (nSPS) is 10.5. The highest BCUT2D eigenvalue weighted by molar-refractivity contribution is 5.28. The lowest BCUT2D eigenvalue weighted by Crippen LogP contribution is -1.96. The van der Waals surface area contributed by atoms with Gasteiger partial charge in [-0.05, 0) is 66.3 Å². The molecule has 2 aromatic heterocycles. The lowest BCUT2D eigenvalue weighted by atomic mass is 10.1. The van der Waals surface area contributed by atoms with Crippen LogP contribution in [0, 0.1) is 0 Å². The number of rotatable bonds is 6. The highest BCUT2D eigenvalue weighted by Gasteiger charge is 2.00. The lowest BCUT2D eigenvalue weighted by Gasteiger charge is -2.05. The Bertz CT molecular complexity index is 722. The zero-order chi connectivity index (χ0) is 15.9. The first-order valence-corrected chi connectivity index (χ1v) is 7.79. The van der Waals surface area contributed by atoms with Crippen LogP contribution >= 0.6 is 0 Å². The summed E-state index contributed by atoms with van der Waals surface area (Å²) in [4.78, 5) is 8.62. The second-order valence-corrected chi connectivity index (χ2v) is 5.54. The Morgan fingerprint density at radius 2 is 1.52 bits per heavy atom. The highest BCUT2D eigenvalue weighted by Crippen LogP contribution is 2.14. The maximum absolute atomic E-state index is 5.18. The number of hydrogen-bond donors (Lipinski definition) is 0. The minimum atomic E-state index is 0.896. The van der Waals surface area contributed by atoms with Gasteiger partial charge in [0.25, 0.3) is 0 Å². The second kappa shape index (κ2) is 7.54. The number of benzene rings is 1. The molecule has 1 aromatic carbocycles. The number of ether oxygens (including phenoxy) is 1. The van der Waals surface area contributed by atoms with Crippen molar-refractivity contribution in [2.45, 2.75) is 19.3 Å². The fourth-order valence-electron chi connectivity index (χ4n) is 2.51. The van der Waals surface area contributed by atoms with Crippen molar-refractivity contribution < 1.29 is 4.74 Å². The van der Waals surface area contributed by atoms with Gasteiger partial charge in [-0.25, -0.2) is 0 Å². The predicted molar refractivity (Wildman–Crippen MR) is 91.7 cm³/mol. The Balaban J connectivity index is 1.56. The Labute approximate surface area is 137 Å². The molecule has 0 aliphatic heterocycles. The van der Waals surface area contributed by atoms with Gasteiger partial charge in [0, 0.05) is 24.3 Å². The van der Waals surface area contributed by atoms with Gasteiger partial charge in [0.1, 0.15) is 5.75 Å². The largest absolute Gasteiger partial charge is 0.497 e. The molecule has 0 aliphatic rings. The van der Waals surface area contributed by atoms with E-state index in [0.717, 1.165) is 30.7 Å². The van der Waals surface area contributed by atoms with E-state index in [1.54, 1.807) is 7.11 Å². The topological polar surface area (TPSA) is 35.0 Å². The molecular weight excluding hydrogens is 284 g/mol. The van der Waals surface area contributed by atoms with Gasteiger partial charge in [-0.15, -0.1) is 0 Å². The number of pyridine rings is 2. The number of aryl methyl sites for hydroxylation is 2. The fraction of sp³-hybridized carbons (Fsp3) is 0.200. The number of aromatic nitrogens is 2. The molecule has 3 aromatic rings. The Hall–Kier alpha value is -2.68. The molecule has 0 spiro atoms. The predicted octanol–water partition coefficient (Wildman–Crippen LogP) is 3.86. The van der Waals surface area contributed by atoms with Crippen LogP contribution in [0.5, 0.6) is 5.75 Å². The summed E-state index contributed by atoms with van der Waals surface area (Å²) >= 11 is 0. The molecule has 0 saturated carbocycles. The van der Waals surface area contributed by atoms with Crippen LogP contribution in [0.4, 0.5) is 0 Å². The molecule has 23 heavy (non-hydrogen) atoms. The maximum Gasteiger partial charge on any atom is 0.118 e. The van der Waals surface area contributed by atoms with E-state index in [4.69, 9.17) is 4.74 Å². The van der Waals surface area contributed by atoms with Gasteiger partial charge in [0.05, 0.1) is 7.11 Å². The fourth-order valence-corrected chi connectivity index (χ4v) is 2.51. The van der Waals surface area contributed by atoms with Crippen molar-refractivity contribution in [3.8, 4) is 5.75 Å². The molecule has 3 heteroatoms. The molecule has 116 valence electrons. The van der Waals surface area contributed by atoms with Crippen molar-refractivity contribution in [2.75, 3.05) is 7.11 Å². The molecule has 2 heterocycles. The van der Waals surface area contributed by atoms with Gasteiger partial charge >= 0.3 is 0 Å². The summed E-state index contributed by atoms with van der Waals surface area (Å²) in [5, 5.41) is 0. The molecule has 0 amide bonds. The van der Waals surface area contributed by atoms with Crippen LogP contribution in [0.3, 0.4) is 0 Å². The third-order valence-electron chi connectivity index (χ3n) is 3.87. The molecule has 0 bridgehead atoms. The summed E-state index contributed by atoms with van der Waals surface area (Å²) in [6.45, 7) is 0. The number of nitrogens with zero attached hydrogens (tertiary/aromatic N) is 2. The quantitative estimate of drug-likeness (QED) is 0.693. The monoisotopic (exact) mass is 304 g/mol. The van der Waals surface area contributed by atoms with E-state index in [1.165, 1.54) is 16.7 Å². The van der Waals surface area contributed by atoms with Crippen LogP contribution < -0.4 is 4.74 Å². The summed E-state index contributed by atoms with van der Waals surface area (Å²) in [6, 6.07) is 16.6. The van der Waals surface area contributed by atoms with Crippen LogP contribution in [-0.2, 0) is 19.3 Å². The van der Waals surface area contributed by atoms with E-state index in [9.17, 15) is 0 Å². The smallest absolute Gasteiger partial charge is 0.118 e. The van der Waals surface area contributed by atoms with Gasteiger partial charge < -0.3 is 4.74 Å². The van der Waals surface area contributed by atoms with Crippen LogP contribution in [0.2, 0.25) is 0 Å². The molecule has 3 rings (SSSR count). The van der Waals surface area contributed by atoms with Gasteiger partial charge in [-0.2, -0.15) is 0 Å². The first-order valence-electron chi connectivity index (χ1n) is 7.79. The van der Waals surface area contributed by atoms with E-state index >= 15 is 0 Å². The molecule has 0 radical (unpaired) electrons. The van der Waals surface area contributed by atoms with E-state index in [1.807, 2.05) is 42.9 Å². The summed E-state index contributed by atoms with van der Waals surface area (Å²) in [6.07, 6.45) is 8.46. The highest BCUT2D eigenvalue weighted by atomic mass is 16.5. The third kappa shape index (κ3) is 4.39. The molecule has 0 aliphatic carbocycles.